The van der Waals surface area contributed by atoms with Crippen LogP contribution in [0.4, 0.5) is 10.5 Å². The number of thiophene rings is 1. The molecule has 90 valence electrons. The Morgan fingerprint density at radius 1 is 1.56 bits per heavy atom. The molecule has 0 aliphatic carbocycles. The van der Waals surface area contributed by atoms with Crippen LogP contribution in [0, 0.1) is 0 Å². The Balaban J connectivity index is 2.87. The van der Waals surface area contributed by atoms with Crippen molar-refractivity contribution in [2.24, 2.45) is 0 Å². The van der Waals surface area contributed by atoms with Gasteiger partial charge in [0, 0.05) is 23.2 Å². The van der Waals surface area contributed by atoms with Crippen molar-refractivity contribution in [3.05, 3.63) is 16.3 Å². The number of aryl methyl sites for hydroxylation is 1. The van der Waals surface area contributed by atoms with Gasteiger partial charge in [0.2, 0.25) is 0 Å². The van der Waals surface area contributed by atoms with Crippen molar-refractivity contribution >= 4 is 34.8 Å². The van der Waals surface area contributed by atoms with Gasteiger partial charge in [-0.1, -0.05) is 20.3 Å². The van der Waals surface area contributed by atoms with Crippen LogP contribution < -0.4 is 9.74 Å². The molecule has 0 aromatic carbocycles. The number of nitrogens with zero attached hydrogens (tertiary/aromatic N) is 1. The summed E-state index contributed by atoms with van der Waals surface area (Å²) in [6.45, 7) is 4.90. The number of anilines is 1. The smallest absolute Gasteiger partial charge is 0.292 e. The molecule has 0 spiro atoms. The largest absolute Gasteiger partial charge is 0.336 e. The lowest BCUT2D eigenvalue weighted by atomic mass is 10.2. The van der Waals surface area contributed by atoms with Crippen LogP contribution in [0.2, 0.25) is 0 Å². The van der Waals surface area contributed by atoms with Crippen LogP contribution in [0.3, 0.4) is 0 Å². The first-order chi connectivity index (χ1) is 7.74. The quantitative estimate of drug-likeness (QED) is 0.803. The summed E-state index contributed by atoms with van der Waals surface area (Å²) in [6.07, 6.45) is 2.96. The van der Waals surface area contributed by atoms with Gasteiger partial charge in [0.25, 0.3) is 0 Å². The van der Waals surface area contributed by atoms with Crippen molar-refractivity contribution < 1.29 is 4.79 Å². The summed E-state index contributed by atoms with van der Waals surface area (Å²) < 4.78 is 0. The van der Waals surface area contributed by atoms with Crippen LogP contribution in [0.5, 0.6) is 0 Å². The average molecular weight is 261 g/mol. The second kappa shape index (κ2) is 6.76. The summed E-state index contributed by atoms with van der Waals surface area (Å²) in [6, 6.07) is 1.73. The van der Waals surface area contributed by atoms with E-state index < -0.39 is 0 Å². The van der Waals surface area contributed by atoms with Gasteiger partial charge in [-0.15, -0.1) is 11.3 Å². The Kier molecular flexibility index (Phi) is 5.63. The van der Waals surface area contributed by atoms with Crippen LogP contribution in [0.1, 0.15) is 31.6 Å². The minimum atomic E-state index is -0.247. The van der Waals surface area contributed by atoms with Gasteiger partial charge in [0.15, 0.2) is 0 Å². The fraction of sp³-hybridized carbons (Fsp3) is 0.545. The molecule has 1 aromatic heterocycles. The van der Waals surface area contributed by atoms with Crippen molar-refractivity contribution in [3.8, 4) is 0 Å². The monoisotopic (exact) mass is 260 g/mol. The Labute approximate surface area is 106 Å². The molecule has 1 N–H and O–H groups in total. The van der Waals surface area contributed by atoms with Gasteiger partial charge >= 0.3 is 6.03 Å². The molecule has 0 fully saturated rings. The Hall–Kier alpha value is -0.740. The minimum Gasteiger partial charge on any atom is -0.292 e. The highest BCUT2D eigenvalue weighted by Gasteiger charge is 2.17. The van der Waals surface area contributed by atoms with E-state index in [4.69, 9.17) is 11.8 Å². The molecule has 1 aromatic rings. The molecule has 2 amide bonds. The van der Waals surface area contributed by atoms with E-state index in [-0.39, 0.29) is 6.03 Å². The van der Waals surface area contributed by atoms with E-state index >= 15 is 0 Å². The molecule has 1 rings (SSSR count). The second-order valence-electron chi connectivity index (χ2n) is 3.49. The van der Waals surface area contributed by atoms with Gasteiger partial charge in [-0.05, 0) is 24.3 Å². The summed E-state index contributed by atoms with van der Waals surface area (Å²) in [5.41, 5.74) is 0.985. The van der Waals surface area contributed by atoms with Gasteiger partial charge in [0.1, 0.15) is 0 Å². The lowest BCUT2D eigenvalue weighted by Gasteiger charge is -2.21. The number of urea groups is 1. The molecule has 0 saturated heterocycles. The van der Waals surface area contributed by atoms with E-state index in [1.54, 1.807) is 16.2 Å². The number of halogens is 1. The number of nitrogens with one attached hydrogen (secondary N) is 1. The average Bonchev–Trinajstić information content (AvgIpc) is 2.77. The van der Waals surface area contributed by atoms with Crippen LogP contribution in [0.25, 0.3) is 0 Å². The molecular weight excluding hydrogens is 244 g/mol. The SMILES string of the molecule is CCCCN(C(=O)NCl)c1ccsc1CC. The maximum atomic E-state index is 11.7. The van der Waals surface area contributed by atoms with Gasteiger partial charge in [-0.3, -0.25) is 4.90 Å². The zero-order valence-electron chi connectivity index (χ0n) is 9.62. The standard InChI is InChI=1S/C11H17ClN2OS/c1-3-5-7-14(11(15)13-12)9-6-8-16-10(9)4-2/h6,8H,3-5,7H2,1-2H3,(H,13,15). The molecule has 0 saturated carbocycles. The van der Waals surface area contributed by atoms with Gasteiger partial charge in [0.05, 0.1) is 5.69 Å². The minimum absolute atomic E-state index is 0.247. The molecule has 0 aliphatic rings. The normalized spacial score (nSPS) is 10.2. The number of carbonyl (C=O) groups excluding carboxylic acids is 1. The molecule has 3 nitrogen and oxygen atoms in total. The molecule has 0 aliphatic heterocycles. The number of unbranched alkanes of at least 4 members (excludes halogenated alkanes) is 1. The highest BCUT2D eigenvalue weighted by atomic mass is 35.5. The fourth-order valence-electron chi connectivity index (χ4n) is 1.54. The summed E-state index contributed by atoms with van der Waals surface area (Å²) in [5.74, 6) is 0. The van der Waals surface area contributed by atoms with Crippen molar-refractivity contribution in [1.29, 1.82) is 0 Å². The highest BCUT2D eigenvalue weighted by Crippen LogP contribution is 2.27. The summed E-state index contributed by atoms with van der Waals surface area (Å²) in [5, 5.41) is 2.01. The first-order valence-corrected chi connectivity index (χ1v) is 6.74. The van der Waals surface area contributed by atoms with E-state index in [1.807, 2.05) is 11.4 Å². The Morgan fingerprint density at radius 3 is 2.88 bits per heavy atom. The molecule has 16 heavy (non-hydrogen) atoms. The second-order valence-corrected chi connectivity index (χ2v) is 4.68. The van der Waals surface area contributed by atoms with Crippen LogP contribution in [-0.4, -0.2) is 12.6 Å². The molecule has 0 unspecified atom stereocenters. The molecule has 0 radical (unpaired) electrons. The number of rotatable bonds is 5. The Bertz CT molecular complexity index is 340. The van der Waals surface area contributed by atoms with Crippen molar-refractivity contribution in [3.63, 3.8) is 0 Å². The van der Waals surface area contributed by atoms with Crippen molar-refractivity contribution in [1.82, 2.24) is 4.84 Å². The predicted octanol–water partition coefficient (Wildman–Crippen LogP) is 3.78. The maximum Gasteiger partial charge on any atom is 0.336 e. The number of carbonyl (C=O) groups is 1. The first kappa shape index (κ1) is 13.3. The molecular formula is C11H17ClN2OS. The van der Waals surface area contributed by atoms with Crippen molar-refractivity contribution in [2.45, 2.75) is 33.1 Å². The predicted molar refractivity (Wildman–Crippen MR) is 70.3 cm³/mol. The molecule has 0 atom stereocenters. The van der Waals surface area contributed by atoms with Gasteiger partial charge < -0.3 is 0 Å². The summed E-state index contributed by atoms with van der Waals surface area (Å²) in [7, 11) is 0. The number of amides is 2. The van der Waals surface area contributed by atoms with E-state index in [0.717, 1.165) is 24.9 Å². The number of hydrogen-bond acceptors (Lipinski definition) is 2. The van der Waals surface area contributed by atoms with Gasteiger partial charge in [-0.25, -0.2) is 9.63 Å². The molecule has 0 bridgehead atoms. The van der Waals surface area contributed by atoms with E-state index in [1.165, 1.54) is 4.88 Å². The first-order valence-electron chi connectivity index (χ1n) is 5.49. The van der Waals surface area contributed by atoms with E-state index in [9.17, 15) is 4.79 Å². The van der Waals surface area contributed by atoms with Gasteiger partial charge in [-0.2, -0.15) is 0 Å². The van der Waals surface area contributed by atoms with E-state index in [0.29, 0.717) is 6.54 Å². The van der Waals surface area contributed by atoms with Crippen LogP contribution >= 0.6 is 23.1 Å². The zero-order valence-corrected chi connectivity index (χ0v) is 11.2. The third kappa shape index (κ3) is 3.12. The van der Waals surface area contributed by atoms with Crippen LogP contribution in [-0.2, 0) is 6.42 Å². The zero-order chi connectivity index (χ0) is 12.0. The summed E-state index contributed by atoms with van der Waals surface area (Å²) >= 11 is 7.07. The number of hydrogen-bond donors (Lipinski definition) is 1. The maximum absolute atomic E-state index is 11.7. The fourth-order valence-corrected chi connectivity index (χ4v) is 2.47. The van der Waals surface area contributed by atoms with E-state index in [2.05, 4.69) is 18.7 Å². The van der Waals surface area contributed by atoms with Crippen molar-refractivity contribution in [2.75, 3.05) is 11.4 Å². The van der Waals surface area contributed by atoms with Crippen LogP contribution in [0.15, 0.2) is 11.4 Å². The third-order valence-corrected chi connectivity index (χ3v) is 3.61. The third-order valence-electron chi connectivity index (χ3n) is 2.40. The lowest BCUT2D eigenvalue weighted by Crippen LogP contribution is -2.37. The lowest BCUT2D eigenvalue weighted by molar-refractivity contribution is 0.251. The Morgan fingerprint density at radius 2 is 2.31 bits per heavy atom. The molecule has 5 heteroatoms. The molecule has 1 heterocycles. The summed E-state index contributed by atoms with van der Waals surface area (Å²) in [4.78, 5) is 16.8. The topological polar surface area (TPSA) is 32.3 Å². The highest BCUT2D eigenvalue weighted by molar-refractivity contribution is 7.10.